The molecule has 0 unspecified atom stereocenters. The average Bonchev–Trinajstić information content (AvgIpc) is 2.57. The summed E-state index contributed by atoms with van der Waals surface area (Å²) < 4.78 is 45.7. The molecule has 27 heavy (non-hydrogen) atoms. The number of halogens is 5. The molecule has 0 aliphatic heterocycles. The van der Waals surface area contributed by atoms with Crippen LogP contribution in [-0.2, 0) is 0 Å². The van der Waals surface area contributed by atoms with Gasteiger partial charge in [-0.15, -0.1) is 13.2 Å². The van der Waals surface area contributed by atoms with E-state index in [1.165, 1.54) is 6.07 Å². The third kappa shape index (κ3) is 4.43. The fraction of sp³-hybridized carbons (Fsp3) is 0.111. The average molecular weight is 416 g/mol. The van der Waals surface area contributed by atoms with E-state index in [1.807, 2.05) is 0 Å². The van der Waals surface area contributed by atoms with Gasteiger partial charge in [-0.25, -0.2) is 9.78 Å². The number of esters is 1. The molecule has 0 N–H and O–H groups in total. The first-order chi connectivity index (χ1) is 12.6. The highest BCUT2D eigenvalue weighted by atomic mass is 35.5. The molecular formula is C18H10Cl2F3NO3. The highest BCUT2D eigenvalue weighted by molar-refractivity contribution is 6.39. The third-order valence-corrected chi connectivity index (χ3v) is 4.09. The number of carbonyl (C=O) groups excluding carboxylic acids is 1. The van der Waals surface area contributed by atoms with E-state index in [1.54, 1.807) is 19.1 Å². The molecule has 4 nitrogen and oxygen atoms in total. The molecule has 3 aromatic rings. The maximum Gasteiger partial charge on any atom is 0.573 e. The van der Waals surface area contributed by atoms with E-state index in [-0.39, 0.29) is 16.3 Å². The standard InChI is InChI=1S/C18H10Cl2F3NO3/c1-9-2-7-12-13(19)8-14(20)16(15(12)24-9)26-17(25)10-3-5-11(6-4-10)27-18(21,22)23/h2-8H,1H3. The Morgan fingerprint density at radius 1 is 1.04 bits per heavy atom. The number of aromatic nitrogens is 1. The van der Waals surface area contributed by atoms with Crippen LogP contribution in [0, 0.1) is 6.92 Å². The zero-order valence-corrected chi connectivity index (χ0v) is 15.1. The smallest absolute Gasteiger partial charge is 0.419 e. The molecule has 0 bridgehead atoms. The summed E-state index contributed by atoms with van der Waals surface area (Å²) in [6.45, 7) is 1.75. The molecule has 0 spiro atoms. The van der Waals surface area contributed by atoms with Crippen molar-refractivity contribution in [3.63, 3.8) is 0 Å². The van der Waals surface area contributed by atoms with Gasteiger partial charge in [0, 0.05) is 11.1 Å². The Morgan fingerprint density at radius 3 is 2.33 bits per heavy atom. The summed E-state index contributed by atoms with van der Waals surface area (Å²) in [5.74, 6) is -1.26. The van der Waals surface area contributed by atoms with Gasteiger partial charge in [0.15, 0.2) is 5.75 Å². The number of alkyl halides is 3. The van der Waals surface area contributed by atoms with Gasteiger partial charge in [-0.2, -0.15) is 0 Å². The van der Waals surface area contributed by atoms with Crippen molar-refractivity contribution in [2.24, 2.45) is 0 Å². The second-order valence-electron chi connectivity index (χ2n) is 5.48. The number of benzene rings is 2. The molecular weight excluding hydrogens is 406 g/mol. The SMILES string of the molecule is Cc1ccc2c(Cl)cc(Cl)c(OC(=O)c3ccc(OC(F)(F)F)cc3)c2n1. The van der Waals surface area contributed by atoms with Gasteiger partial charge < -0.3 is 9.47 Å². The molecule has 0 saturated carbocycles. The minimum atomic E-state index is -4.82. The third-order valence-electron chi connectivity index (χ3n) is 3.50. The maximum absolute atomic E-state index is 12.4. The molecule has 0 aliphatic rings. The maximum atomic E-state index is 12.4. The number of nitrogens with zero attached hydrogens (tertiary/aromatic N) is 1. The Morgan fingerprint density at radius 2 is 1.70 bits per heavy atom. The monoisotopic (exact) mass is 415 g/mol. The van der Waals surface area contributed by atoms with Crippen molar-refractivity contribution >= 4 is 40.1 Å². The quantitative estimate of drug-likeness (QED) is 0.390. The summed E-state index contributed by atoms with van der Waals surface area (Å²) in [4.78, 5) is 16.7. The van der Waals surface area contributed by atoms with E-state index in [0.29, 0.717) is 21.6 Å². The first kappa shape index (κ1) is 19.3. The van der Waals surface area contributed by atoms with E-state index >= 15 is 0 Å². The van der Waals surface area contributed by atoms with Crippen molar-refractivity contribution in [3.05, 3.63) is 63.8 Å². The van der Waals surface area contributed by atoms with Crippen molar-refractivity contribution in [1.82, 2.24) is 4.98 Å². The van der Waals surface area contributed by atoms with E-state index < -0.39 is 18.1 Å². The molecule has 0 amide bonds. The van der Waals surface area contributed by atoms with Gasteiger partial charge >= 0.3 is 12.3 Å². The topological polar surface area (TPSA) is 48.4 Å². The number of rotatable bonds is 3. The molecule has 140 valence electrons. The van der Waals surface area contributed by atoms with Gasteiger partial charge in [0.1, 0.15) is 11.3 Å². The van der Waals surface area contributed by atoms with Crippen LogP contribution in [0.15, 0.2) is 42.5 Å². The lowest BCUT2D eigenvalue weighted by molar-refractivity contribution is -0.274. The minimum absolute atomic E-state index is 0.0105. The van der Waals surface area contributed by atoms with Crippen LogP contribution in [0.2, 0.25) is 10.0 Å². The van der Waals surface area contributed by atoms with Crippen LogP contribution in [-0.4, -0.2) is 17.3 Å². The summed E-state index contributed by atoms with van der Waals surface area (Å²) in [5, 5.41) is 0.968. The van der Waals surface area contributed by atoms with E-state index in [9.17, 15) is 18.0 Å². The lowest BCUT2D eigenvalue weighted by Crippen LogP contribution is -2.17. The summed E-state index contributed by atoms with van der Waals surface area (Å²) in [6, 6.07) is 9.19. The number of hydrogen-bond acceptors (Lipinski definition) is 4. The molecule has 0 saturated heterocycles. The first-order valence-corrected chi connectivity index (χ1v) is 8.23. The molecule has 0 aliphatic carbocycles. The molecule has 9 heteroatoms. The molecule has 3 rings (SSSR count). The van der Waals surface area contributed by atoms with E-state index in [2.05, 4.69) is 9.72 Å². The number of hydrogen-bond donors (Lipinski definition) is 0. The van der Waals surface area contributed by atoms with Crippen LogP contribution in [0.5, 0.6) is 11.5 Å². The minimum Gasteiger partial charge on any atom is -0.419 e. The van der Waals surface area contributed by atoms with Gasteiger partial charge in [-0.3, -0.25) is 0 Å². The van der Waals surface area contributed by atoms with Gasteiger partial charge in [-0.05, 0) is 49.4 Å². The number of pyridine rings is 1. The summed E-state index contributed by atoms with van der Waals surface area (Å²) in [7, 11) is 0. The van der Waals surface area contributed by atoms with E-state index in [4.69, 9.17) is 27.9 Å². The predicted octanol–water partition coefficient (Wildman–Crippen LogP) is 5.97. The molecule has 1 aromatic heterocycles. The Kier molecular flexibility index (Phi) is 5.17. The largest absolute Gasteiger partial charge is 0.573 e. The molecule has 0 atom stereocenters. The van der Waals surface area contributed by atoms with Gasteiger partial charge in [0.25, 0.3) is 0 Å². The second kappa shape index (κ2) is 7.25. The zero-order chi connectivity index (χ0) is 19.8. The van der Waals surface area contributed by atoms with Gasteiger partial charge in [-0.1, -0.05) is 23.2 Å². The van der Waals surface area contributed by atoms with Crippen molar-refractivity contribution in [2.45, 2.75) is 13.3 Å². The first-order valence-electron chi connectivity index (χ1n) is 7.47. The normalized spacial score (nSPS) is 11.5. The van der Waals surface area contributed by atoms with Crippen molar-refractivity contribution < 1.29 is 27.4 Å². The summed E-state index contributed by atoms with van der Waals surface area (Å²) in [5.41, 5.74) is 0.973. The lowest BCUT2D eigenvalue weighted by atomic mass is 10.2. The Hall–Kier alpha value is -2.51. The number of carbonyl (C=O) groups is 1. The highest BCUT2D eigenvalue weighted by Crippen LogP contribution is 2.37. The fourth-order valence-electron chi connectivity index (χ4n) is 2.33. The highest BCUT2D eigenvalue weighted by Gasteiger charge is 2.31. The second-order valence-corrected chi connectivity index (χ2v) is 6.29. The Bertz CT molecular complexity index is 1020. The van der Waals surface area contributed by atoms with Crippen molar-refractivity contribution in [3.8, 4) is 11.5 Å². The zero-order valence-electron chi connectivity index (χ0n) is 13.6. The molecule has 0 radical (unpaired) electrons. The fourth-order valence-corrected chi connectivity index (χ4v) is 2.89. The van der Waals surface area contributed by atoms with Crippen LogP contribution in [0.3, 0.4) is 0 Å². The van der Waals surface area contributed by atoms with Crippen molar-refractivity contribution in [1.29, 1.82) is 0 Å². The number of aryl methyl sites for hydroxylation is 1. The predicted molar refractivity (Wildman–Crippen MR) is 94.6 cm³/mol. The van der Waals surface area contributed by atoms with Crippen LogP contribution in [0.1, 0.15) is 16.1 Å². The van der Waals surface area contributed by atoms with Crippen LogP contribution in [0.4, 0.5) is 13.2 Å². The van der Waals surface area contributed by atoms with Crippen LogP contribution < -0.4 is 9.47 Å². The Labute approximate surface area is 161 Å². The summed E-state index contributed by atoms with van der Waals surface area (Å²) >= 11 is 12.3. The van der Waals surface area contributed by atoms with Crippen LogP contribution in [0.25, 0.3) is 10.9 Å². The van der Waals surface area contributed by atoms with E-state index in [0.717, 1.165) is 24.3 Å². The number of ether oxygens (including phenoxy) is 2. The molecule has 1 heterocycles. The van der Waals surface area contributed by atoms with Crippen molar-refractivity contribution in [2.75, 3.05) is 0 Å². The van der Waals surface area contributed by atoms with Gasteiger partial charge in [0.2, 0.25) is 0 Å². The molecule has 0 fully saturated rings. The molecule has 2 aromatic carbocycles. The Balaban J connectivity index is 1.91. The van der Waals surface area contributed by atoms with Gasteiger partial charge in [0.05, 0.1) is 15.6 Å². The summed E-state index contributed by atoms with van der Waals surface area (Å²) in [6.07, 6.45) is -4.82. The van der Waals surface area contributed by atoms with Crippen LogP contribution >= 0.6 is 23.2 Å². The number of fused-ring (bicyclic) bond motifs is 1. The lowest BCUT2D eigenvalue weighted by Gasteiger charge is -2.12.